The van der Waals surface area contributed by atoms with Crippen LogP contribution < -0.4 is 10.6 Å². The lowest BCUT2D eigenvalue weighted by atomic mass is 10.1. The number of sulfonamides is 1. The van der Waals surface area contributed by atoms with Gasteiger partial charge in [-0.3, -0.25) is 9.59 Å². The Morgan fingerprint density at radius 2 is 1.59 bits per heavy atom. The van der Waals surface area contributed by atoms with E-state index in [1.54, 1.807) is 37.3 Å². The molecule has 0 unspecified atom stereocenters. The van der Waals surface area contributed by atoms with E-state index in [0.717, 1.165) is 15.4 Å². The molecule has 0 fully saturated rings. The maximum Gasteiger partial charge on any atom is 0.256 e. The van der Waals surface area contributed by atoms with Gasteiger partial charge in [-0.15, -0.1) is 11.8 Å². The van der Waals surface area contributed by atoms with Gasteiger partial charge in [0, 0.05) is 30.4 Å². The van der Waals surface area contributed by atoms with E-state index in [-0.39, 0.29) is 22.5 Å². The zero-order chi connectivity index (χ0) is 24.9. The Hall–Kier alpha value is -3.14. The first-order valence-electron chi connectivity index (χ1n) is 10.5. The molecule has 3 aromatic carbocycles. The third-order valence-corrected chi connectivity index (χ3v) is 7.95. The molecule has 0 bridgehead atoms. The summed E-state index contributed by atoms with van der Waals surface area (Å²) in [6, 6.07) is 19.1. The van der Waals surface area contributed by atoms with Gasteiger partial charge < -0.3 is 10.6 Å². The maximum atomic E-state index is 13.1. The first-order chi connectivity index (χ1) is 16.1. The van der Waals surface area contributed by atoms with Crippen molar-refractivity contribution in [1.29, 1.82) is 0 Å². The highest BCUT2D eigenvalue weighted by molar-refractivity contribution is 8.00. The summed E-state index contributed by atoms with van der Waals surface area (Å²) in [6.07, 6.45) is 0. The van der Waals surface area contributed by atoms with E-state index in [1.807, 2.05) is 31.2 Å². The van der Waals surface area contributed by atoms with Crippen LogP contribution in [0.1, 0.15) is 21.5 Å². The van der Waals surface area contributed by atoms with Crippen LogP contribution in [-0.4, -0.2) is 44.4 Å². The second-order valence-electron chi connectivity index (χ2n) is 7.92. The van der Waals surface area contributed by atoms with Gasteiger partial charge in [-0.1, -0.05) is 35.9 Å². The highest BCUT2D eigenvalue weighted by Crippen LogP contribution is 2.26. The summed E-state index contributed by atoms with van der Waals surface area (Å²) in [4.78, 5) is 26.2. The summed E-state index contributed by atoms with van der Waals surface area (Å²) >= 11 is 1.26. The number of rotatable bonds is 8. The van der Waals surface area contributed by atoms with Crippen molar-refractivity contribution in [3.63, 3.8) is 0 Å². The van der Waals surface area contributed by atoms with E-state index in [9.17, 15) is 18.0 Å². The number of nitrogens with one attached hydrogen (secondary N) is 2. The minimum Gasteiger partial charge on any atom is -0.325 e. The van der Waals surface area contributed by atoms with Crippen LogP contribution in [-0.2, 0) is 14.8 Å². The normalized spacial score (nSPS) is 11.3. The second kappa shape index (κ2) is 10.9. The molecule has 3 rings (SSSR count). The SMILES string of the molecule is Cc1ccc(NC(=O)CSc2ccccc2C(=O)Nc2cc(S(=O)(=O)N(C)C)ccc2C)cc1. The molecule has 0 aromatic heterocycles. The van der Waals surface area contributed by atoms with E-state index >= 15 is 0 Å². The van der Waals surface area contributed by atoms with Gasteiger partial charge in [-0.05, 0) is 55.8 Å². The molecule has 0 aliphatic heterocycles. The fourth-order valence-corrected chi connectivity index (χ4v) is 4.83. The number of thioether (sulfide) groups is 1. The van der Waals surface area contributed by atoms with Gasteiger partial charge in [-0.2, -0.15) is 0 Å². The smallest absolute Gasteiger partial charge is 0.256 e. The minimum atomic E-state index is -3.64. The van der Waals surface area contributed by atoms with Gasteiger partial charge in [0.2, 0.25) is 15.9 Å². The monoisotopic (exact) mass is 497 g/mol. The first kappa shape index (κ1) is 25.5. The van der Waals surface area contributed by atoms with Crippen LogP contribution in [0.2, 0.25) is 0 Å². The van der Waals surface area contributed by atoms with Gasteiger partial charge >= 0.3 is 0 Å². The molecule has 0 heterocycles. The first-order valence-corrected chi connectivity index (χ1v) is 12.9. The number of benzene rings is 3. The van der Waals surface area contributed by atoms with Crippen LogP contribution in [0.25, 0.3) is 0 Å². The van der Waals surface area contributed by atoms with E-state index in [2.05, 4.69) is 10.6 Å². The Balaban J connectivity index is 1.73. The van der Waals surface area contributed by atoms with Crippen LogP contribution >= 0.6 is 11.8 Å². The van der Waals surface area contributed by atoms with Gasteiger partial charge in [0.25, 0.3) is 5.91 Å². The molecule has 9 heteroatoms. The van der Waals surface area contributed by atoms with Crippen LogP contribution in [0.5, 0.6) is 0 Å². The van der Waals surface area contributed by atoms with E-state index < -0.39 is 10.0 Å². The summed E-state index contributed by atoms with van der Waals surface area (Å²) in [5.74, 6) is -0.431. The zero-order valence-electron chi connectivity index (χ0n) is 19.5. The molecule has 0 radical (unpaired) electrons. The van der Waals surface area contributed by atoms with Crippen LogP contribution in [0.3, 0.4) is 0 Å². The minimum absolute atomic E-state index is 0.0915. The number of hydrogen-bond donors (Lipinski definition) is 2. The summed E-state index contributed by atoms with van der Waals surface area (Å²) in [5, 5.41) is 5.66. The van der Waals surface area contributed by atoms with Crippen molar-refractivity contribution < 1.29 is 18.0 Å². The molecule has 0 spiro atoms. The molecule has 2 amide bonds. The van der Waals surface area contributed by atoms with Crippen LogP contribution in [0.4, 0.5) is 11.4 Å². The van der Waals surface area contributed by atoms with Crippen molar-refractivity contribution in [2.24, 2.45) is 0 Å². The van der Waals surface area contributed by atoms with Crippen molar-refractivity contribution >= 4 is 45.0 Å². The van der Waals surface area contributed by atoms with Crippen LogP contribution in [0, 0.1) is 13.8 Å². The van der Waals surface area contributed by atoms with Crippen molar-refractivity contribution in [3.05, 3.63) is 83.4 Å². The largest absolute Gasteiger partial charge is 0.325 e. The molecule has 0 aliphatic rings. The summed E-state index contributed by atoms with van der Waals surface area (Å²) in [6.45, 7) is 3.76. The van der Waals surface area contributed by atoms with Gasteiger partial charge in [0.05, 0.1) is 16.2 Å². The molecule has 178 valence electrons. The fourth-order valence-electron chi connectivity index (χ4n) is 3.05. The van der Waals surface area contributed by atoms with Gasteiger partial charge in [-0.25, -0.2) is 12.7 Å². The molecule has 0 saturated heterocycles. The van der Waals surface area contributed by atoms with Crippen molar-refractivity contribution in [3.8, 4) is 0 Å². The number of nitrogens with zero attached hydrogens (tertiary/aromatic N) is 1. The van der Waals surface area contributed by atoms with E-state index in [4.69, 9.17) is 0 Å². The maximum absolute atomic E-state index is 13.1. The Morgan fingerprint density at radius 3 is 2.26 bits per heavy atom. The number of hydrogen-bond acceptors (Lipinski definition) is 5. The number of aryl methyl sites for hydroxylation is 2. The van der Waals surface area contributed by atoms with Crippen molar-refractivity contribution in [2.75, 3.05) is 30.5 Å². The van der Waals surface area contributed by atoms with E-state index in [0.29, 0.717) is 21.8 Å². The molecule has 34 heavy (non-hydrogen) atoms. The predicted molar refractivity (Wildman–Crippen MR) is 137 cm³/mol. The van der Waals surface area contributed by atoms with Crippen molar-refractivity contribution in [1.82, 2.24) is 4.31 Å². The highest BCUT2D eigenvalue weighted by Gasteiger charge is 2.20. The van der Waals surface area contributed by atoms with Gasteiger partial charge in [0.15, 0.2) is 0 Å². The molecule has 3 aromatic rings. The zero-order valence-corrected chi connectivity index (χ0v) is 21.1. The fraction of sp³-hybridized carbons (Fsp3) is 0.200. The molecule has 2 N–H and O–H groups in total. The standard InChI is InChI=1S/C25H27N3O4S2/c1-17-9-12-19(13-10-17)26-24(29)16-33-23-8-6-5-7-21(23)25(30)27-22-15-20(14-11-18(22)2)34(31,32)28(3)4/h5-15H,16H2,1-4H3,(H,26,29)(H,27,30). The Morgan fingerprint density at radius 1 is 0.912 bits per heavy atom. The number of anilines is 2. The van der Waals surface area contributed by atoms with Gasteiger partial charge in [0.1, 0.15) is 0 Å². The number of amides is 2. The van der Waals surface area contributed by atoms with Crippen LogP contribution in [0.15, 0.2) is 76.5 Å². The Labute approximate surface area is 204 Å². The third-order valence-electron chi connectivity index (χ3n) is 5.06. The lowest BCUT2D eigenvalue weighted by molar-refractivity contribution is -0.113. The molecule has 0 aliphatic carbocycles. The molecule has 0 saturated carbocycles. The summed E-state index contributed by atoms with van der Waals surface area (Å²) in [7, 11) is -0.729. The number of carbonyl (C=O) groups excluding carboxylic acids is 2. The lowest BCUT2D eigenvalue weighted by Gasteiger charge is -2.15. The van der Waals surface area contributed by atoms with Crippen molar-refractivity contribution in [2.45, 2.75) is 23.6 Å². The topological polar surface area (TPSA) is 95.6 Å². The second-order valence-corrected chi connectivity index (χ2v) is 11.1. The number of carbonyl (C=O) groups is 2. The molecular formula is C25H27N3O4S2. The molecule has 0 atom stereocenters. The highest BCUT2D eigenvalue weighted by atomic mass is 32.2. The van der Waals surface area contributed by atoms with E-state index in [1.165, 1.54) is 38.0 Å². The average molecular weight is 498 g/mol. The molecular weight excluding hydrogens is 470 g/mol. The summed E-state index contributed by atoms with van der Waals surface area (Å²) in [5.41, 5.74) is 3.35. The quantitative estimate of drug-likeness (QED) is 0.446. The Bertz CT molecular complexity index is 1300. The summed E-state index contributed by atoms with van der Waals surface area (Å²) < 4.78 is 26.1. The predicted octanol–water partition coefficient (Wildman–Crippen LogP) is 4.54. The average Bonchev–Trinajstić information content (AvgIpc) is 2.80. The third kappa shape index (κ3) is 6.25. The lowest BCUT2D eigenvalue weighted by Crippen LogP contribution is -2.22. The Kier molecular flexibility index (Phi) is 8.14. The molecule has 7 nitrogen and oxygen atoms in total.